The molecule has 3 rings (SSSR count). The Morgan fingerprint density at radius 3 is 3.14 bits per heavy atom. The molecule has 0 aromatic carbocycles. The molecule has 0 unspecified atom stereocenters. The van der Waals surface area contributed by atoms with Crippen LogP contribution in [0.1, 0.15) is 25.0 Å². The van der Waals surface area contributed by atoms with Gasteiger partial charge in [0.25, 0.3) is 0 Å². The third kappa shape index (κ3) is 3.86. The molecule has 3 heterocycles. The van der Waals surface area contributed by atoms with E-state index in [4.69, 9.17) is 4.74 Å². The van der Waals surface area contributed by atoms with Gasteiger partial charge in [0.05, 0.1) is 11.9 Å². The summed E-state index contributed by atoms with van der Waals surface area (Å²) in [6.45, 7) is 1.26. The highest BCUT2D eigenvalue weighted by Crippen LogP contribution is 2.20. The van der Waals surface area contributed by atoms with Crippen LogP contribution in [0.25, 0.3) is 10.7 Å². The van der Waals surface area contributed by atoms with Gasteiger partial charge in [0.1, 0.15) is 16.8 Å². The maximum atomic E-state index is 11.9. The highest BCUT2D eigenvalue weighted by atomic mass is 32.1. The van der Waals surface area contributed by atoms with Crippen molar-refractivity contribution in [3.05, 3.63) is 29.7 Å². The number of ether oxygens (including phenoxy) is 1. The van der Waals surface area contributed by atoms with Crippen LogP contribution < -0.4 is 5.32 Å². The first-order valence-corrected chi connectivity index (χ1v) is 8.31. The number of aromatic nitrogens is 3. The van der Waals surface area contributed by atoms with Gasteiger partial charge in [-0.2, -0.15) is 0 Å². The molecule has 1 atom stereocenters. The third-order valence-electron chi connectivity index (χ3n) is 3.49. The first-order chi connectivity index (χ1) is 10.8. The average Bonchev–Trinajstić information content (AvgIpc) is 3.05. The normalized spacial score (nSPS) is 18.1. The predicted octanol–water partition coefficient (Wildman–Crippen LogP) is 1.83. The molecule has 0 bridgehead atoms. The van der Waals surface area contributed by atoms with Crippen molar-refractivity contribution >= 4 is 17.2 Å². The first-order valence-electron chi connectivity index (χ1n) is 7.43. The molecule has 1 aliphatic rings. The monoisotopic (exact) mass is 318 g/mol. The molecule has 0 radical (unpaired) electrons. The van der Waals surface area contributed by atoms with Gasteiger partial charge in [0, 0.05) is 37.3 Å². The van der Waals surface area contributed by atoms with Crippen molar-refractivity contribution < 1.29 is 9.53 Å². The summed E-state index contributed by atoms with van der Waals surface area (Å²) in [5.74, 6) is -0.0101. The fraction of sp³-hybridized carbons (Fsp3) is 0.467. The molecular formula is C15H18N4O2S. The zero-order valence-corrected chi connectivity index (χ0v) is 13.0. The summed E-state index contributed by atoms with van der Waals surface area (Å²) >= 11 is 1.54. The fourth-order valence-electron chi connectivity index (χ4n) is 2.32. The molecule has 2 aromatic heterocycles. The molecule has 6 nitrogen and oxygen atoms in total. The van der Waals surface area contributed by atoms with Crippen LogP contribution in [-0.4, -0.2) is 40.1 Å². The van der Waals surface area contributed by atoms with Crippen LogP contribution in [0, 0.1) is 0 Å². The predicted molar refractivity (Wildman–Crippen MR) is 83.4 cm³/mol. The topological polar surface area (TPSA) is 77.0 Å². The molecule has 0 aliphatic carbocycles. The van der Waals surface area contributed by atoms with E-state index >= 15 is 0 Å². The molecule has 22 heavy (non-hydrogen) atoms. The summed E-state index contributed by atoms with van der Waals surface area (Å²) in [6, 6.07) is 0. The van der Waals surface area contributed by atoms with Crippen molar-refractivity contribution in [1.29, 1.82) is 0 Å². The van der Waals surface area contributed by atoms with Crippen molar-refractivity contribution in [1.82, 2.24) is 20.3 Å². The number of thiazole rings is 1. The zero-order chi connectivity index (χ0) is 15.2. The van der Waals surface area contributed by atoms with Crippen LogP contribution in [0.4, 0.5) is 0 Å². The quantitative estimate of drug-likeness (QED) is 0.910. The lowest BCUT2D eigenvalue weighted by Gasteiger charge is -2.21. The Balaban J connectivity index is 1.48. The van der Waals surface area contributed by atoms with E-state index < -0.39 is 0 Å². The molecule has 1 N–H and O–H groups in total. The SMILES string of the molecule is O=C(NCCc1csc(-c2cnccn2)n1)[C@H]1CCCCO1. The Bertz CT molecular complexity index is 611. The number of hydrogen-bond acceptors (Lipinski definition) is 6. The van der Waals surface area contributed by atoms with Gasteiger partial charge in [0.2, 0.25) is 5.91 Å². The second kappa shape index (κ2) is 7.42. The number of nitrogens with one attached hydrogen (secondary N) is 1. The third-order valence-corrected chi connectivity index (χ3v) is 4.40. The maximum Gasteiger partial charge on any atom is 0.249 e. The van der Waals surface area contributed by atoms with E-state index in [1.807, 2.05) is 5.38 Å². The number of carbonyl (C=O) groups is 1. The summed E-state index contributed by atoms with van der Waals surface area (Å²) in [5.41, 5.74) is 1.73. The van der Waals surface area contributed by atoms with E-state index in [-0.39, 0.29) is 12.0 Å². The molecule has 0 spiro atoms. The highest BCUT2D eigenvalue weighted by Gasteiger charge is 2.21. The minimum absolute atomic E-state index is 0.0101. The van der Waals surface area contributed by atoms with E-state index in [2.05, 4.69) is 20.3 Å². The fourth-order valence-corrected chi connectivity index (χ4v) is 3.14. The van der Waals surface area contributed by atoms with E-state index in [0.29, 0.717) is 19.6 Å². The summed E-state index contributed by atoms with van der Waals surface area (Å²) in [4.78, 5) is 24.7. The Morgan fingerprint density at radius 1 is 1.41 bits per heavy atom. The van der Waals surface area contributed by atoms with Gasteiger partial charge in [0.15, 0.2) is 0 Å². The second-order valence-electron chi connectivity index (χ2n) is 5.13. The van der Waals surface area contributed by atoms with Crippen LogP contribution >= 0.6 is 11.3 Å². The summed E-state index contributed by atoms with van der Waals surface area (Å²) < 4.78 is 5.46. The first kappa shape index (κ1) is 15.1. The van der Waals surface area contributed by atoms with Crippen LogP contribution in [-0.2, 0) is 16.0 Å². The van der Waals surface area contributed by atoms with Crippen LogP contribution in [0.15, 0.2) is 24.0 Å². The minimum atomic E-state index is -0.278. The van der Waals surface area contributed by atoms with Crippen LogP contribution in [0.5, 0.6) is 0 Å². The molecule has 116 valence electrons. The van der Waals surface area contributed by atoms with Gasteiger partial charge in [-0.1, -0.05) is 0 Å². The van der Waals surface area contributed by atoms with Gasteiger partial charge in [-0.05, 0) is 19.3 Å². The number of hydrogen-bond donors (Lipinski definition) is 1. The summed E-state index contributed by atoms with van der Waals surface area (Å²) in [5, 5.41) is 5.77. The standard InChI is InChI=1S/C15H18N4O2S/c20-14(13-3-1-2-8-21-13)18-5-4-11-10-22-15(19-11)12-9-16-6-7-17-12/h6-7,9-10,13H,1-5,8H2,(H,18,20)/t13-/m1/s1. The molecule has 1 amide bonds. The maximum absolute atomic E-state index is 11.9. The smallest absolute Gasteiger partial charge is 0.249 e. The lowest BCUT2D eigenvalue weighted by Crippen LogP contribution is -2.39. The van der Waals surface area contributed by atoms with Gasteiger partial charge in [-0.15, -0.1) is 11.3 Å². The van der Waals surface area contributed by atoms with Crippen LogP contribution in [0.3, 0.4) is 0 Å². The lowest BCUT2D eigenvalue weighted by atomic mass is 10.1. The molecule has 2 aromatic rings. The van der Waals surface area contributed by atoms with E-state index in [0.717, 1.165) is 35.7 Å². The summed E-state index contributed by atoms with van der Waals surface area (Å²) in [6.07, 6.45) is 8.35. The second-order valence-corrected chi connectivity index (χ2v) is 5.99. The Labute approximate surface area is 133 Å². The van der Waals surface area contributed by atoms with Crippen molar-refractivity contribution in [3.63, 3.8) is 0 Å². The van der Waals surface area contributed by atoms with Crippen molar-refractivity contribution in [3.8, 4) is 10.7 Å². The Hall–Kier alpha value is -1.86. The van der Waals surface area contributed by atoms with E-state index in [9.17, 15) is 4.79 Å². The van der Waals surface area contributed by atoms with Crippen molar-refractivity contribution in [2.24, 2.45) is 0 Å². The Kier molecular flexibility index (Phi) is 5.07. The number of amides is 1. The highest BCUT2D eigenvalue weighted by molar-refractivity contribution is 7.13. The number of rotatable bonds is 5. The number of nitrogens with zero attached hydrogens (tertiary/aromatic N) is 3. The lowest BCUT2D eigenvalue weighted by molar-refractivity contribution is -0.135. The molecule has 1 fully saturated rings. The Morgan fingerprint density at radius 2 is 2.36 bits per heavy atom. The van der Waals surface area contributed by atoms with Gasteiger partial charge < -0.3 is 10.1 Å². The minimum Gasteiger partial charge on any atom is -0.368 e. The molecule has 1 aliphatic heterocycles. The van der Waals surface area contributed by atoms with Gasteiger partial charge in [-0.25, -0.2) is 4.98 Å². The van der Waals surface area contributed by atoms with E-state index in [1.165, 1.54) is 11.3 Å². The average molecular weight is 318 g/mol. The molecule has 7 heteroatoms. The molecular weight excluding hydrogens is 300 g/mol. The van der Waals surface area contributed by atoms with E-state index in [1.54, 1.807) is 18.6 Å². The largest absolute Gasteiger partial charge is 0.368 e. The molecule has 1 saturated heterocycles. The zero-order valence-electron chi connectivity index (χ0n) is 12.2. The van der Waals surface area contributed by atoms with Crippen molar-refractivity contribution in [2.45, 2.75) is 31.8 Å². The van der Waals surface area contributed by atoms with Gasteiger partial charge in [-0.3, -0.25) is 14.8 Å². The van der Waals surface area contributed by atoms with Crippen molar-refractivity contribution in [2.75, 3.05) is 13.2 Å². The molecule has 0 saturated carbocycles. The number of carbonyl (C=O) groups excluding carboxylic acids is 1. The summed E-state index contributed by atoms with van der Waals surface area (Å²) in [7, 11) is 0. The van der Waals surface area contributed by atoms with Gasteiger partial charge >= 0.3 is 0 Å². The van der Waals surface area contributed by atoms with Crippen LogP contribution in [0.2, 0.25) is 0 Å².